The standard InChI is InChI=1S/C14H22ClNO3S/c1-3-4-5-6-11(2)16-20(18,19)13-7-8-14(15)12(9-13)10-17/h7-9,11,16-17H,3-6,10H2,1-2H3. The minimum absolute atomic E-state index is 0.111. The van der Waals surface area contributed by atoms with Crippen molar-refractivity contribution < 1.29 is 13.5 Å². The summed E-state index contributed by atoms with van der Waals surface area (Å²) in [6, 6.07) is 4.23. The molecule has 0 saturated carbocycles. The Morgan fingerprint density at radius 3 is 2.65 bits per heavy atom. The van der Waals surface area contributed by atoms with Crippen LogP contribution in [-0.2, 0) is 16.6 Å². The molecule has 1 unspecified atom stereocenters. The predicted molar refractivity (Wildman–Crippen MR) is 81.3 cm³/mol. The summed E-state index contributed by atoms with van der Waals surface area (Å²) in [4.78, 5) is 0.133. The van der Waals surface area contributed by atoms with Gasteiger partial charge in [-0.15, -0.1) is 0 Å². The Kier molecular flexibility index (Phi) is 6.95. The molecule has 0 radical (unpaired) electrons. The van der Waals surface area contributed by atoms with E-state index in [1.807, 2.05) is 6.92 Å². The van der Waals surface area contributed by atoms with E-state index in [4.69, 9.17) is 16.7 Å². The van der Waals surface area contributed by atoms with E-state index in [1.165, 1.54) is 18.2 Å². The molecule has 1 rings (SSSR count). The number of aliphatic hydroxyl groups is 1. The first-order chi connectivity index (χ1) is 9.40. The average molecular weight is 320 g/mol. The smallest absolute Gasteiger partial charge is 0.240 e. The Hall–Kier alpha value is -0.620. The second-order valence-corrected chi connectivity index (χ2v) is 7.05. The van der Waals surface area contributed by atoms with E-state index in [0.29, 0.717) is 10.6 Å². The highest BCUT2D eigenvalue weighted by molar-refractivity contribution is 7.89. The number of halogens is 1. The Balaban J connectivity index is 2.78. The topological polar surface area (TPSA) is 66.4 Å². The molecule has 4 nitrogen and oxygen atoms in total. The van der Waals surface area contributed by atoms with Gasteiger partial charge in [0.15, 0.2) is 0 Å². The Morgan fingerprint density at radius 1 is 1.35 bits per heavy atom. The summed E-state index contributed by atoms with van der Waals surface area (Å²) in [5.41, 5.74) is 0.410. The van der Waals surface area contributed by atoms with Crippen LogP contribution in [0.2, 0.25) is 5.02 Å². The van der Waals surface area contributed by atoms with Crippen LogP contribution in [0.4, 0.5) is 0 Å². The maximum atomic E-state index is 12.2. The number of hydrogen-bond donors (Lipinski definition) is 2. The second kappa shape index (κ2) is 7.98. The molecule has 1 atom stereocenters. The largest absolute Gasteiger partial charge is 0.392 e. The third kappa shape index (κ3) is 5.05. The number of nitrogens with one attached hydrogen (secondary N) is 1. The average Bonchev–Trinajstić information content (AvgIpc) is 2.38. The van der Waals surface area contributed by atoms with E-state index >= 15 is 0 Å². The lowest BCUT2D eigenvalue weighted by Gasteiger charge is -2.14. The molecular formula is C14H22ClNO3S. The van der Waals surface area contributed by atoms with Crippen molar-refractivity contribution in [3.8, 4) is 0 Å². The fourth-order valence-corrected chi connectivity index (χ4v) is 3.44. The first-order valence-corrected chi connectivity index (χ1v) is 8.68. The van der Waals surface area contributed by atoms with Crippen molar-refractivity contribution >= 4 is 21.6 Å². The molecule has 0 amide bonds. The zero-order valence-corrected chi connectivity index (χ0v) is 13.5. The van der Waals surface area contributed by atoms with Crippen LogP contribution in [0.5, 0.6) is 0 Å². The van der Waals surface area contributed by atoms with Crippen LogP contribution in [0, 0.1) is 0 Å². The molecule has 0 heterocycles. The van der Waals surface area contributed by atoms with E-state index in [0.717, 1.165) is 25.7 Å². The number of sulfonamides is 1. The molecule has 1 aromatic rings. The van der Waals surface area contributed by atoms with Crippen molar-refractivity contribution in [3.63, 3.8) is 0 Å². The van der Waals surface area contributed by atoms with Crippen LogP contribution >= 0.6 is 11.6 Å². The van der Waals surface area contributed by atoms with E-state index < -0.39 is 10.0 Å². The number of hydrogen-bond acceptors (Lipinski definition) is 3. The molecule has 20 heavy (non-hydrogen) atoms. The highest BCUT2D eigenvalue weighted by atomic mass is 35.5. The van der Waals surface area contributed by atoms with E-state index in [2.05, 4.69) is 11.6 Å². The van der Waals surface area contributed by atoms with Crippen LogP contribution in [0.3, 0.4) is 0 Å². The summed E-state index contributed by atoms with van der Waals surface area (Å²) in [7, 11) is -3.57. The van der Waals surface area contributed by atoms with Crippen LogP contribution < -0.4 is 4.72 Å². The molecule has 114 valence electrons. The molecule has 0 spiro atoms. The summed E-state index contributed by atoms with van der Waals surface area (Å²) in [5, 5.41) is 9.50. The van der Waals surface area contributed by atoms with Gasteiger partial charge in [0.25, 0.3) is 0 Å². The molecule has 2 N–H and O–H groups in total. The lowest BCUT2D eigenvalue weighted by molar-refractivity contribution is 0.281. The minimum atomic E-state index is -3.57. The Bertz CT molecular complexity index is 531. The first kappa shape index (κ1) is 17.4. The lowest BCUT2D eigenvalue weighted by Crippen LogP contribution is -2.32. The van der Waals surface area contributed by atoms with Gasteiger partial charge in [0, 0.05) is 11.1 Å². The number of benzene rings is 1. The zero-order valence-electron chi connectivity index (χ0n) is 11.9. The highest BCUT2D eigenvalue weighted by Crippen LogP contribution is 2.21. The number of aliphatic hydroxyl groups excluding tert-OH is 1. The van der Waals surface area contributed by atoms with E-state index in [1.54, 1.807) is 0 Å². The van der Waals surface area contributed by atoms with Gasteiger partial charge in [-0.2, -0.15) is 0 Å². The van der Waals surface area contributed by atoms with Crippen LogP contribution in [0.15, 0.2) is 23.1 Å². The lowest BCUT2D eigenvalue weighted by atomic mass is 10.1. The van der Waals surface area contributed by atoms with Gasteiger partial charge in [0.2, 0.25) is 10.0 Å². The van der Waals surface area contributed by atoms with Gasteiger partial charge in [-0.1, -0.05) is 37.8 Å². The van der Waals surface area contributed by atoms with Crippen molar-refractivity contribution in [2.24, 2.45) is 0 Å². The molecule has 0 saturated heterocycles. The van der Waals surface area contributed by atoms with Gasteiger partial charge >= 0.3 is 0 Å². The summed E-state index contributed by atoms with van der Waals surface area (Å²) in [6.45, 7) is 3.68. The fraction of sp³-hybridized carbons (Fsp3) is 0.571. The molecule has 0 bridgehead atoms. The van der Waals surface area contributed by atoms with Gasteiger partial charge in [-0.05, 0) is 37.1 Å². The first-order valence-electron chi connectivity index (χ1n) is 6.82. The Labute approximate surface area is 126 Å². The molecule has 6 heteroatoms. The van der Waals surface area contributed by atoms with Gasteiger partial charge in [-0.25, -0.2) is 13.1 Å². The normalized spacial score (nSPS) is 13.4. The third-order valence-corrected chi connectivity index (χ3v) is 5.05. The van der Waals surface area contributed by atoms with Crippen molar-refractivity contribution in [2.45, 2.75) is 57.1 Å². The van der Waals surface area contributed by atoms with Gasteiger partial charge < -0.3 is 5.11 Å². The molecule has 0 aromatic heterocycles. The van der Waals surface area contributed by atoms with Crippen LogP contribution in [0.1, 0.15) is 45.1 Å². The third-order valence-electron chi connectivity index (χ3n) is 3.09. The summed E-state index contributed by atoms with van der Waals surface area (Å²) < 4.78 is 27.1. The zero-order chi connectivity index (χ0) is 15.2. The fourth-order valence-electron chi connectivity index (χ4n) is 1.93. The minimum Gasteiger partial charge on any atom is -0.392 e. The summed E-state index contributed by atoms with van der Waals surface area (Å²) in [6.07, 6.45) is 4.02. The van der Waals surface area contributed by atoms with Crippen molar-refractivity contribution in [1.29, 1.82) is 0 Å². The van der Waals surface area contributed by atoms with Crippen molar-refractivity contribution in [1.82, 2.24) is 4.72 Å². The molecule has 0 aliphatic carbocycles. The van der Waals surface area contributed by atoms with Crippen LogP contribution in [0.25, 0.3) is 0 Å². The molecule has 0 aliphatic rings. The van der Waals surface area contributed by atoms with Crippen LogP contribution in [-0.4, -0.2) is 19.6 Å². The summed E-state index contributed by atoms with van der Waals surface area (Å²) in [5.74, 6) is 0. The maximum Gasteiger partial charge on any atom is 0.240 e. The van der Waals surface area contributed by atoms with Crippen molar-refractivity contribution in [3.05, 3.63) is 28.8 Å². The maximum absolute atomic E-state index is 12.2. The van der Waals surface area contributed by atoms with Gasteiger partial charge in [0.05, 0.1) is 11.5 Å². The second-order valence-electron chi connectivity index (χ2n) is 4.93. The van der Waals surface area contributed by atoms with E-state index in [-0.39, 0.29) is 17.5 Å². The van der Waals surface area contributed by atoms with E-state index in [9.17, 15) is 8.42 Å². The van der Waals surface area contributed by atoms with Crippen molar-refractivity contribution in [2.75, 3.05) is 0 Å². The number of rotatable bonds is 8. The quantitative estimate of drug-likeness (QED) is 0.724. The van der Waals surface area contributed by atoms with Gasteiger partial charge in [0.1, 0.15) is 0 Å². The highest BCUT2D eigenvalue weighted by Gasteiger charge is 2.18. The number of unbranched alkanes of at least 4 members (excludes halogenated alkanes) is 2. The predicted octanol–water partition coefficient (Wildman–Crippen LogP) is 3.08. The van der Waals surface area contributed by atoms with Gasteiger partial charge in [-0.3, -0.25) is 0 Å². The monoisotopic (exact) mass is 319 g/mol. The Morgan fingerprint density at radius 2 is 2.05 bits per heavy atom. The summed E-state index contributed by atoms with van der Waals surface area (Å²) >= 11 is 5.86. The molecule has 0 aliphatic heterocycles. The molecule has 1 aromatic carbocycles. The molecular weight excluding hydrogens is 298 g/mol. The SMILES string of the molecule is CCCCCC(C)NS(=O)(=O)c1ccc(Cl)c(CO)c1. The molecule has 0 fully saturated rings.